The Kier molecular flexibility index (Phi) is 7.63. The molecule has 2 aliphatic heterocycles. The molecule has 4 rings (SSSR count). The summed E-state index contributed by atoms with van der Waals surface area (Å²) in [5.74, 6) is 2.06. The van der Waals surface area contributed by atoms with Gasteiger partial charge in [-0.15, -0.1) is 0 Å². The topological polar surface area (TPSA) is 69.3 Å². The van der Waals surface area contributed by atoms with E-state index in [1.165, 1.54) is 0 Å². The molecule has 1 amide bonds. The first-order chi connectivity index (χ1) is 15.6. The Morgan fingerprint density at radius 3 is 2.88 bits per heavy atom. The summed E-state index contributed by atoms with van der Waals surface area (Å²) >= 11 is 0. The molecule has 2 aliphatic rings. The highest BCUT2D eigenvalue weighted by Crippen LogP contribution is 2.33. The zero-order valence-electron chi connectivity index (χ0n) is 18.8. The fourth-order valence-electron chi connectivity index (χ4n) is 4.28. The highest BCUT2D eigenvalue weighted by molar-refractivity contribution is 5.76. The Morgan fingerprint density at radius 2 is 2.03 bits per heavy atom. The molecule has 0 saturated carbocycles. The van der Waals surface area contributed by atoms with Crippen LogP contribution >= 0.6 is 0 Å². The summed E-state index contributed by atoms with van der Waals surface area (Å²) < 4.78 is 23.1. The third kappa shape index (κ3) is 5.79. The van der Waals surface area contributed by atoms with Crippen molar-refractivity contribution in [3.8, 4) is 17.2 Å². The number of nitrogens with one attached hydrogen (secondary N) is 1. The minimum absolute atomic E-state index is 0.0333. The number of hydrogen-bond acceptors (Lipinski definition) is 6. The maximum absolute atomic E-state index is 12.8. The molecule has 4 bridgehead atoms. The van der Waals surface area contributed by atoms with Crippen LogP contribution in [0.3, 0.4) is 0 Å². The zero-order valence-corrected chi connectivity index (χ0v) is 18.8. The molecule has 0 radical (unpaired) electrons. The van der Waals surface area contributed by atoms with Crippen molar-refractivity contribution in [1.82, 2.24) is 10.2 Å². The molecule has 1 saturated heterocycles. The number of fused-ring (bicyclic) bond motifs is 5. The van der Waals surface area contributed by atoms with E-state index in [4.69, 9.17) is 18.9 Å². The molecule has 32 heavy (non-hydrogen) atoms. The summed E-state index contributed by atoms with van der Waals surface area (Å²) in [6.45, 7) is 3.68. The van der Waals surface area contributed by atoms with Crippen LogP contribution in [0.5, 0.6) is 17.2 Å². The smallest absolute Gasteiger partial charge is 0.220 e. The van der Waals surface area contributed by atoms with Gasteiger partial charge in [0.2, 0.25) is 5.91 Å². The molecule has 2 aromatic carbocycles. The van der Waals surface area contributed by atoms with E-state index in [0.29, 0.717) is 37.6 Å². The summed E-state index contributed by atoms with van der Waals surface area (Å²) in [6, 6.07) is 13.7. The van der Waals surface area contributed by atoms with Crippen molar-refractivity contribution in [1.29, 1.82) is 0 Å². The van der Waals surface area contributed by atoms with Crippen molar-refractivity contribution >= 4 is 5.91 Å². The number of likely N-dealkylation sites (tertiary alicyclic amines) is 1. The number of aryl methyl sites for hydroxylation is 1. The normalized spacial score (nSPS) is 22.0. The number of methoxy groups -OCH3 is 2. The molecular weight excluding hydrogens is 408 g/mol. The number of amides is 1. The molecule has 7 heteroatoms. The molecule has 0 aromatic heterocycles. The Morgan fingerprint density at radius 1 is 1.12 bits per heavy atom. The van der Waals surface area contributed by atoms with E-state index in [9.17, 15) is 4.79 Å². The Balaban J connectivity index is 1.57. The van der Waals surface area contributed by atoms with E-state index in [0.717, 1.165) is 42.9 Å². The second kappa shape index (κ2) is 10.8. The average Bonchev–Trinajstić information content (AvgIpc) is 2.81. The number of rotatable bonds is 4. The average molecular weight is 441 g/mol. The van der Waals surface area contributed by atoms with Gasteiger partial charge in [-0.1, -0.05) is 18.2 Å². The second-order valence-corrected chi connectivity index (χ2v) is 8.34. The number of ether oxygens (including phenoxy) is 4. The van der Waals surface area contributed by atoms with Crippen LogP contribution in [-0.4, -0.2) is 63.4 Å². The number of nitrogens with zero attached hydrogens (tertiary/aromatic N) is 1. The second-order valence-electron chi connectivity index (χ2n) is 8.34. The lowest BCUT2D eigenvalue weighted by Gasteiger charge is -2.38. The monoisotopic (exact) mass is 440 g/mol. The van der Waals surface area contributed by atoms with Gasteiger partial charge in [0.05, 0.1) is 32.5 Å². The fourth-order valence-corrected chi connectivity index (χ4v) is 4.28. The standard InChI is InChI=1S/C25H32N2O5/c1-29-13-12-27-11-10-22-21(16-27)26-25(28)9-7-18-6-8-23(30-2)24(15-18)32-20-5-3-4-19(14-20)17-31-22/h3-6,8,14-15,21-22H,7,9-13,16-17H2,1-2H3,(H,26,28)/t21-,22+/m0/s1. The molecule has 7 nitrogen and oxygen atoms in total. The van der Waals surface area contributed by atoms with Gasteiger partial charge in [-0.2, -0.15) is 0 Å². The summed E-state index contributed by atoms with van der Waals surface area (Å²) in [5, 5.41) is 3.23. The van der Waals surface area contributed by atoms with Crippen LogP contribution in [0.15, 0.2) is 42.5 Å². The molecule has 0 aliphatic carbocycles. The van der Waals surface area contributed by atoms with Crippen LogP contribution in [0.1, 0.15) is 24.0 Å². The molecule has 172 valence electrons. The summed E-state index contributed by atoms with van der Waals surface area (Å²) in [4.78, 5) is 15.1. The van der Waals surface area contributed by atoms with Gasteiger partial charge in [-0.25, -0.2) is 0 Å². The molecule has 1 N–H and O–H groups in total. The first-order valence-electron chi connectivity index (χ1n) is 11.2. The maximum atomic E-state index is 12.8. The summed E-state index contributed by atoms with van der Waals surface area (Å²) in [7, 11) is 3.34. The third-order valence-electron chi connectivity index (χ3n) is 6.05. The minimum Gasteiger partial charge on any atom is -0.493 e. The third-order valence-corrected chi connectivity index (χ3v) is 6.05. The highest BCUT2D eigenvalue weighted by Gasteiger charge is 2.31. The Hall–Kier alpha value is -2.61. The van der Waals surface area contributed by atoms with Gasteiger partial charge in [0, 0.05) is 33.2 Å². The summed E-state index contributed by atoms with van der Waals surface area (Å²) in [6.07, 6.45) is 1.86. The molecule has 2 heterocycles. The first-order valence-corrected chi connectivity index (χ1v) is 11.2. The van der Waals surface area contributed by atoms with Crippen LogP contribution in [0.4, 0.5) is 0 Å². The van der Waals surface area contributed by atoms with E-state index < -0.39 is 0 Å². The SMILES string of the molecule is COCCN1CC[C@H]2OCc3cccc(c3)Oc3cc(ccc3OC)CCC(=O)N[C@H]2C1. The van der Waals surface area contributed by atoms with Gasteiger partial charge in [0.25, 0.3) is 0 Å². The van der Waals surface area contributed by atoms with E-state index in [-0.39, 0.29) is 18.1 Å². The van der Waals surface area contributed by atoms with Gasteiger partial charge in [0.1, 0.15) is 5.75 Å². The van der Waals surface area contributed by atoms with Crippen LogP contribution in [0.2, 0.25) is 0 Å². The minimum atomic E-state index is -0.0518. The number of benzene rings is 2. The number of carbonyl (C=O) groups is 1. The lowest BCUT2D eigenvalue weighted by molar-refractivity contribution is -0.124. The van der Waals surface area contributed by atoms with E-state index >= 15 is 0 Å². The quantitative estimate of drug-likeness (QED) is 0.788. The van der Waals surface area contributed by atoms with Crippen LogP contribution in [0.25, 0.3) is 0 Å². The Labute approximate surface area is 189 Å². The number of carbonyl (C=O) groups excluding carboxylic acids is 1. The van der Waals surface area contributed by atoms with Gasteiger partial charge >= 0.3 is 0 Å². The maximum Gasteiger partial charge on any atom is 0.220 e. The highest BCUT2D eigenvalue weighted by atomic mass is 16.5. The van der Waals surface area contributed by atoms with Gasteiger partial charge in [-0.05, 0) is 48.2 Å². The molecule has 2 aromatic rings. The predicted molar refractivity (Wildman–Crippen MR) is 121 cm³/mol. The summed E-state index contributed by atoms with van der Waals surface area (Å²) in [5.41, 5.74) is 2.06. The van der Waals surface area contributed by atoms with Crippen molar-refractivity contribution < 1.29 is 23.7 Å². The largest absolute Gasteiger partial charge is 0.493 e. The molecule has 2 atom stereocenters. The van der Waals surface area contributed by atoms with Crippen molar-refractivity contribution in [2.75, 3.05) is 40.5 Å². The van der Waals surface area contributed by atoms with Crippen LogP contribution in [0, 0.1) is 0 Å². The van der Waals surface area contributed by atoms with Crippen molar-refractivity contribution in [3.63, 3.8) is 0 Å². The van der Waals surface area contributed by atoms with Crippen molar-refractivity contribution in [2.24, 2.45) is 0 Å². The lowest BCUT2D eigenvalue weighted by atomic mass is 10.0. The van der Waals surface area contributed by atoms with Crippen molar-refractivity contribution in [2.45, 2.75) is 38.0 Å². The van der Waals surface area contributed by atoms with E-state index in [1.807, 2.05) is 42.5 Å². The number of hydrogen-bond donors (Lipinski definition) is 1. The van der Waals surface area contributed by atoms with Gasteiger partial charge in [-0.3, -0.25) is 9.69 Å². The predicted octanol–water partition coefficient (Wildman–Crippen LogP) is 3.16. The molecule has 1 fully saturated rings. The molecule has 0 unspecified atom stereocenters. The van der Waals surface area contributed by atoms with Crippen LogP contribution in [-0.2, 0) is 27.3 Å². The van der Waals surface area contributed by atoms with Crippen LogP contribution < -0.4 is 14.8 Å². The van der Waals surface area contributed by atoms with Crippen molar-refractivity contribution in [3.05, 3.63) is 53.6 Å². The number of piperidine rings is 1. The zero-order chi connectivity index (χ0) is 22.3. The van der Waals surface area contributed by atoms with Gasteiger partial charge in [0.15, 0.2) is 11.5 Å². The lowest BCUT2D eigenvalue weighted by Crippen LogP contribution is -2.56. The molecule has 0 spiro atoms. The first kappa shape index (κ1) is 22.6. The fraction of sp³-hybridized carbons (Fsp3) is 0.480. The van der Waals surface area contributed by atoms with E-state index in [2.05, 4.69) is 10.2 Å². The van der Waals surface area contributed by atoms with Gasteiger partial charge < -0.3 is 24.3 Å². The van der Waals surface area contributed by atoms with E-state index in [1.54, 1.807) is 14.2 Å². The molecular formula is C25H32N2O5. The Bertz CT molecular complexity index is 919.